The molecule has 3 rings (SSSR count). The molecule has 0 aromatic heterocycles. The van der Waals surface area contributed by atoms with E-state index in [1.807, 2.05) is 12.1 Å². The Hall–Kier alpha value is -1.77. The molecule has 0 bridgehead atoms. The summed E-state index contributed by atoms with van der Waals surface area (Å²) in [5.41, 5.74) is 11.8. The molecule has 1 aliphatic heterocycles. The highest BCUT2D eigenvalue weighted by Crippen LogP contribution is 2.40. The second-order valence-corrected chi connectivity index (χ2v) is 5.42. The molecule has 0 radical (unpaired) electrons. The molecule has 0 fully saturated rings. The zero-order valence-corrected chi connectivity index (χ0v) is 12.2. The molecule has 0 atom stereocenters. The number of rotatable bonds is 2. The van der Waals surface area contributed by atoms with Crippen molar-refractivity contribution in [3.05, 3.63) is 58.6 Å². The van der Waals surface area contributed by atoms with E-state index in [0.29, 0.717) is 6.54 Å². The topological polar surface area (TPSA) is 29.3 Å². The Balaban J connectivity index is 2.26. The first-order valence-electron chi connectivity index (χ1n) is 6.74. The first-order valence-corrected chi connectivity index (χ1v) is 7.12. The van der Waals surface area contributed by atoms with Gasteiger partial charge in [-0.25, -0.2) is 0 Å². The summed E-state index contributed by atoms with van der Waals surface area (Å²) in [6.07, 6.45) is 3.06. The van der Waals surface area contributed by atoms with Crippen LogP contribution in [0, 0.1) is 0 Å². The Morgan fingerprint density at radius 2 is 1.90 bits per heavy atom. The molecule has 3 heteroatoms. The van der Waals surface area contributed by atoms with Crippen molar-refractivity contribution in [1.82, 2.24) is 0 Å². The zero-order valence-electron chi connectivity index (χ0n) is 11.4. The lowest BCUT2D eigenvalue weighted by molar-refractivity contribution is 1.02. The lowest BCUT2D eigenvalue weighted by atomic mass is 9.99. The molecule has 0 unspecified atom stereocenters. The number of anilines is 2. The highest BCUT2D eigenvalue weighted by atomic mass is 35.5. The molecule has 0 amide bonds. The van der Waals surface area contributed by atoms with Crippen LogP contribution in [0.15, 0.2) is 42.5 Å². The Bertz CT molecular complexity index is 676. The third-order valence-corrected chi connectivity index (χ3v) is 3.94. The van der Waals surface area contributed by atoms with Crippen molar-refractivity contribution < 1.29 is 0 Å². The molecule has 0 spiro atoms. The smallest absolute Gasteiger partial charge is 0.0484 e. The van der Waals surface area contributed by atoms with Crippen LogP contribution in [-0.2, 0) is 0 Å². The maximum Gasteiger partial charge on any atom is 0.0484 e. The number of halogens is 1. The molecule has 1 aliphatic rings. The molecule has 0 aliphatic carbocycles. The summed E-state index contributed by atoms with van der Waals surface area (Å²) in [5.74, 6) is 0. The minimum absolute atomic E-state index is 0.639. The summed E-state index contributed by atoms with van der Waals surface area (Å²) in [5, 5.41) is 0.756. The van der Waals surface area contributed by atoms with Gasteiger partial charge in [0.25, 0.3) is 0 Å². The molecule has 2 aromatic carbocycles. The zero-order chi connectivity index (χ0) is 14.1. The molecule has 20 heavy (non-hydrogen) atoms. The number of para-hydroxylation sites is 1. The van der Waals surface area contributed by atoms with E-state index >= 15 is 0 Å². The first kappa shape index (κ1) is 13.2. The van der Waals surface area contributed by atoms with E-state index in [4.69, 9.17) is 17.3 Å². The van der Waals surface area contributed by atoms with Crippen LogP contribution >= 0.6 is 11.6 Å². The van der Waals surface area contributed by atoms with Gasteiger partial charge in [-0.2, -0.15) is 0 Å². The van der Waals surface area contributed by atoms with E-state index < -0.39 is 0 Å². The number of hydrogen-bond donors (Lipinski definition) is 1. The van der Waals surface area contributed by atoms with Crippen molar-refractivity contribution >= 4 is 34.6 Å². The van der Waals surface area contributed by atoms with Crippen LogP contribution in [-0.4, -0.2) is 13.6 Å². The molecule has 2 N–H and O–H groups in total. The number of fused-ring (bicyclic) bond motifs is 2. The molecular weight excluding hydrogens is 268 g/mol. The fourth-order valence-electron chi connectivity index (χ4n) is 2.74. The van der Waals surface area contributed by atoms with Gasteiger partial charge in [0.05, 0.1) is 0 Å². The Kier molecular flexibility index (Phi) is 3.51. The fraction of sp³-hybridized carbons (Fsp3) is 0.176. The van der Waals surface area contributed by atoms with Crippen molar-refractivity contribution in [1.29, 1.82) is 0 Å². The predicted octanol–water partition coefficient (Wildman–Crippen LogP) is 4.31. The second-order valence-electron chi connectivity index (χ2n) is 4.99. The third-order valence-electron chi connectivity index (χ3n) is 3.71. The van der Waals surface area contributed by atoms with Gasteiger partial charge in [-0.1, -0.05) is 29.8 Å². The highest BCUT2D eigenvalue weighted by Gasteiger charge is 2.18. The lowest BCUT2D eigenvalue weighted by Crippen LogP contribution is -2.11. The summed E-state index contributed by atoms with van der Waals surface area (Å²) >= 11 is 6.14. The Morgan fingerprint density at radius 1 is 1.10 bits per heavy atom. The first-order chi connectivity index (χ1) is 9.70. The molecule has 2 nitrogen and oxygen atoms in total. The van der Waals surface area contributed by atoms with Crippen LogP contribution in [0.25, 0.3) is 11.6 Å². The van der Waals surface area contributed by atoms with Gasteiger partial charge in [0.1, 0.15) is 0 Å². The fourth-order valence-corrected chi connectivity index (χ4v) is 2.92. The van der Waals surface area contributed by atoms with Crippen LogP contribution < -0.4 is 10.6 Å². The van der Waals surface area contributed by atoms with Gasteiger partial charge in [-0.15, -0.1) is 0 Å². The van der Waals surface area contributed by atoms with E-state index in [0.717, 1.165) is 22.7 Å². The molecule has 0 saturated heterocycles. The second kappa shape index (κ2) is 5.31. The van der Waals surface area contributed by atoms with Gasteiger partial charge in [-0.3, -0.25) is 0 Å². The van der Waals surface area contributed by atoms with E-state index in [-0.39, 0.29) is 0 Å². The Morgan fingerprint density at radius 3 is 2.70 bits per heavy atom. The molecule has 102 valence electrons. The Labute approximate surface area is 124 Å². The SMILES string of the molecule is CN1c2ccc(Cl)cc2C=C(CCN)c2ccccc21. The summed E-state index contributed by atoms with van der Waals surface area (Å²) in [6, 6.07) is 14.4. The summed E-state index contributed by atoms with van der Waals surface area (Å²) in [7, 11) is 2.09. The maximum absolute atomic E-state index is 6.14. The van der Waals surface area contributed by atoms with Gasteiger partial charge >= 0.3 is 0 Å². The third kappa shape index (κ3) is 2.21. The van der Waals surface area contributed by atoms with Crippen molar-refractivity contribution in [2.24, 2.45) is 5.73 Å². The number of benzene rings is 2. The van der Waals surface area contributed by atoms with Crippen molar-refractivity contribution in [3.63, 3.8) is 0 Å². The monoisotopic (exact) mass is 284 g/mol. The minimum Gasteiger partial charge on any atom is -0.344 e. The van der Waals surface area contributed by atoms with Crippen LogP contribution in [0.2, 0.25) is 5.02 Å². The van der Waals surface area contributed by atoms with Gasteiger partial charge in [0, 0.05) is 29.0 Å². The summed E-state index contributed by atoms with van der Waals surface area (Å²) < 4.78 is 0. The summed E-state index contributed by atoms with van der Waals surface area (Å²) in [4.78, 5) is 2.21. The standard InChI is InChI=1S/C17H17ClN2/c1-20-16-7-6-14(18)11-13(16)10-12(8-9-19)15-4-2-3-5-17(15)20/h2-7,10-11H,8-9,19H2,1H3. The van der Waals surface area contributed by atoms with Gasteiger partial charge in [0.2, 0.25) is 0 Å². The van der Waals surface area contributed by atoms with Crippen LogP contribution in [0.1, 0.15) is 17.5 Å². The van der Waals surface area contributed by atoms with E-state index in [2.05, 4.69) is 48.4 Å². The van der Waals surface area contributed by atoms with E-state index in [9.17, 15) is 0 Å². The van der Waals surface area contributed by atoms with Crippen LogP contribution in [0.5, 0.6) is 0 Å². The normalized spacial score (nSPS) is 13.3. The van der Waals surface area contributed by atoms with Crippen molar-refractivity contribution in [2.45, 2.75) is 6.42 Å². The quantitative estimate of drug-likeness (QED) is 0.890. The van der Waals surface area contributed by atoms with Crippen molar-refractivity contribution in [3.8, 4) is 0 Å². The molecule has 0 saturated carbocycles. The average Bonchev–Trinajstić information content (AvgIpc) is 2.56. The predicted molar refractivity (Wildman–Crippen MR) is 87.5 cm³/mol. The van der Waals surface area contributed by atoms with Gasteiger partial charge in [0.15, 0.2) is 0 Å². The number of nitrogens with two attached hydrogens (primary N) is 1. The molecule has 2 aromatic rings. The number of nitrogens with zero attached hydrogens (tertiary/aromatic N) is 1. The van der Waals surface area contributed by atoms with E-state index in [1.54, 1.807) is 0 Å². The number of hydrogen-bond acceptors (Lipinski definition) is 2. The van der Waals surface area contributed by atoms with E-state index in [1.165, 1.54) is 16.8 Å². The van der Waals surface area contributed by atoms with Crippen molar-refractivity contribution in [2.75, 3.05) is 18.5 Å². The average molecular weight is 285 g/mol. The van der Waals surface area contributed by atoms with Gasteiger partial charge < -0.3 is 10.6 Å². The van der Waals surface area contributed by atoms with Gasteiger partial charge in [-0.05, 0) is 54.4 Å². The molecule has 1 heterocycles. The van der Waals surface area contributed by atoms with Crippen LogP contribution in [0.4, 0.5) is 11.4 Å². The molecular formula is C17H17ClN2. The lowest BCUT2D eigenvalue weighted by Gasteiger charge is -2.22. The minimum atomic E-state index is 0.639. The maximum atomic E-state index is 6.14. The highest BCUT2D eigenvalue weighted by molar-refractivity contribution is 6.30. The largest absolute Gasteiger partial charge is 0.344 e. The summed E-state index contributed by atoms with van der Waals surface area (Å²) in [6.45, 7) is 0.639. The van der Waals surface area contributed by atoms with Crippen LogP contribution in [0.3, 0.4) is 0 Å².